The first kappa shape index (κ1) is 11.3. The lowest BCUT2D eigenvalue weighted by Gasteiger charge is -2.09. The fraction of sp³-hybridized carbons (Fsp3) is 0.714. The minimum Gasteiger partial charge on any atom is -0.497 e. The van der Waals surface area contributed by atoms with Gasteiger partial charge >= 0.3 is 15.7 Å². The first-order valence-corrected chi connectivity index (χ1v) is 4.45. The lowest BCUT2D eigenvalue weighted by Crippen LogP contribution is -2.09. The summed E-state index contributed by atoms with van der Waals surface area (Å²) < 4.78 is 20.0. The third-order valence-electron chi connectivity index (χ3n) is 1.07. The van der Waals surface area contributed by atoms with Crippen molar-refractivity contribution in [2.75, 3.05) is 27.9 Å². The van der Waals surface area contributed by atoms with Crippen molar-refractivity contribution in [1.29, 1.82) is 0 Å². The molecule has 0 aliphatic carbocycles. The smallest absolute Gasteiger partial charge is 0.324 e. The van der Waals surface area contributed by atoms with Gasteiger partial charge in [0.1, 0.15) is 0 Å². The van der Waals surface area contributed by atoms with Crippen LogP contribution in [0.4, 0.5) is 0 Å². The highest BCUT2D eigenvalue weighted by atomic mass is 28.2. The Morgan fingerprint density at radius 3 is 2.00 bits per heavy atom. The first-order chi connectivity index (χ1) is 5.79. The second-order valence-electron chi connectivity index (χ2n) is 1.76. The highest BCUT2D eigenvalue weighted by Crippen LogP contribution is 2.05. The molecular formula is C7H14O4Si. The molecule has 0 saturated heterocycles. The van der Waals surface area contributed by atoms with Crippen LogP contribution in [0.5, 0.6) is 0 Å². The van der Waals surface area contributed by atoms with Crippen LogP contribution in [0.3, 0.4) is 0 Å². The van der Waals surface area contributed by atoms with Gasteiger partial charge in [0.15, 0.2) is 5.38 Å². The molecule has 0 aliphatic rings. The van der Waals surface area contributed by atoms with E-state index in [9.17, 15) is 0 Å². The van der Waals surface area contributed by atoms with Crippen molar-refractivity contribution in [3.8, 4) is 0 Å². The molecule has 0 aliphatic heterocycles. The Bertz CT molecular complexity index is 140. The minimum atomic E-state index is 0.125. The highest BCUT2D eigenvalue weighted by Gasteiger charge is 2.10. The average molecular weight is 190 g/mol. The molecule has 5 heteroatoms. The number of rotatable bonds is 6. The molecule has 0 fully saturated rings. The van der Waals surface area contributed by atoms with Crippen LogP contribution in [0.25, 0.3) is 0 Å². The Hall–Kier alpha value is -0.683. The molecule has 0 rings (SSSR count). The topological polar surface area (TPSA) is 36.9 Å². The average Bonchev–Trinajstić information content (AvgIpc) is 2.12. The number of hydrogen-bond acceptors (Lipinski definition) is 4. The maximum Gasteiger partial charge on any atom is 0.324 e. The predicted octanol–water partition coefficient (Wildman–Crippen LogP) is 0.708. The SMILES string of the molecule is CCO[Si]C(OC)=C(OC)OC. The van der Waals surface area contributed by atoms with Crippen LogP contribution in [-0.4, -0.2) is 37.7 Å². The fourth-order valence-corrected chi connectivity index (χ4v) is 1.22. The molecule has 2 radical (unpaired) electrons. The van der Waals surface area contributed by atoms with Gasteiger partial charge in [-0.25, -0.2) is 0 Å². The van der Waals surface area contributed by atoms with Crippen molar-refractivity contribution < 1.29 is 18.6 Å². The number of hydrogen-bond donors (Lipinski definition) is 0. The Balaban J connectivity index is 4.14. The van der Waals surface area contributed by atoms with E-state index < -0.39 is 0 Å². The Kier molecular flexibility index (Phi) is 6.59. The summed E-state index contributed by atoms with van der Waals surface area (Å²) in [5, 5.41) is 0.585. The zero-order chi connectivity index (χ0) is 9.40. The third-order valence-corrected chi connectivity index (χ3v) is 2.10. The molecule has 4 nitrogen and oxygen atoms in total. The van der Waals surface area contributed by atoms with Crippen molar-refractivity contribution in [2.45, 2.75) is 6.92 Å². The van der Waals surface area contributed by atoms with E-state index in [1.165, 1.54) is 14.2 Å². The zero-order valence-electron chi connectivity index (χ0n) is 7.84. The van der Waals surface area contributed by atoms with Crippen LogP contribution in [0, 0.1) is 0 Å². The van der Waals surface area contributed by atoms with Gasteiger partial charge in [-0.1, -0.05) is 0 Å². The lowest BCUT2D eigenvalue weighted by atomic mass is 10.9. The van der Waals surface area contributed by atoms with Gasteiger partial charge in [0.25, 0.3) is 0 Å². The van der Waals surface area contributed by atoms with Gasteiger partial charge in [-0.15, -0.1) is 0 Å². The normalized spacial score (nSPS) is 9.00. The highest BCUT2D eigenvalue weighted by molar-refractivity contribution is 6.36. The summed E-state index contributed by atoms with van der Waals surface area (Å²) in [6.07, 6.45) is 0. The van der Waals surface area contributed by atoms with Crippen molar-refractivity contribution in [3.05, 3.63) is 11.3 Å². The second-order valence-corrected chi connectivity index (χ2v) is 2.71. The summed E-state index contributed by atoms with van der Waals surface area (Å²) in [5.41, 5.74) is 0. The molecule has 0 bridgehead atoms. The lowest BCUT2D eigenvalue weighted by molar-refractivity contribution is 0.0739. The van der Waals surface area contributed by atoms with E-state index in [-0.39, 0.29) is 9.76 Å². The van der Waals surface area contributed by atoms with E-state index in [2.05, 4.69) is 0 Å². The summed E-state index contributed by atoms with van der Waals surface area (Å²) in [5.74, 6) is 0.365. The van der Waals surface area contributed by atoms with E-state index in [1.807, 2.05) is 6.92 Å². The molecule has 0 unspecified atom stereocenters. The van der Waals surface area contributed by atoms with Crippen LogP contribution in [0.1, 0.15) is 6.92 Å². The number of methoxy groups -OCH3 is 3. The van der Waals surface area contributed by atoms with E-state index in [0.29, 0.717) is 17.9 Å². The van der Waals surface area contributed by atoms with Crippen LogP contribution < -0.4 is 0 Å². The Labute approximate surface area is 75.4 Å². The molecule has 0 heterocycles. The molecule has 0 aromatic heterocycles. The summed E-state index contributed by atoms with van der Waals surface area (Å²) in [7, 11) is 4.72. The monoisotopic (exact) mass is 190 g/mol. The van der Waals surface area contributed by atoms with Gasteiger partial charge in [0.2, 0.25) is 0 Å². The molecule has 70 valence electrons. The molecule has 0 spiro atoms. The summed E-state index contributed by atoms with van der Waals surface area (Å²) in [6.45, 7) is 2.56. The zero-order valence-corrected chi connectivity index (χ0v) is 8.84. The molecule has 0 amide bonds. The van der Waals surface area contributed by atoms with E-state index in [0.717, 1.165) is 0 Å². The van der Waals surface area contributed by atoms with Gasteiger partial charge in [-0.3, -0.25) is 0 Å². The molecule has 12 heavy (non-hydrogen) atoms. The van der Waals surface area contributed by atoms with Gasteiger partial charge < -0.3 is 18.6 Å². The van der Waals surface area contributed by atoms with Crippen LogP contribution in [-0.2, 0) is 18.6 Å². The van der Waals surface area contributed by atoms with Crippen molar-refractivity contribution in [3.63, 3.8) is 0 Å². The minimum absolute atomic E-state index is 0.125. The fourth-order valence-electron chi connectivity index (χ4n) is 0.573. The van der Waals surface area contributed by atoms with Crippen LogP contribution >= 0.6 is 0 Å². The van der Waals surface area contributed by atoms with Gasteiger partial charge in [-0.2, -0.15) is 0 Å². The molecule has 0 aromatic rings. The van der Waals surface area contributed by atoms with Crippen molar-refractivity contribution >= 4 is 9.76 Å². The van der Waals surface area contributed by atoms with Crippen LogP contribution in [0.15, 0.2) is 11.3 Å². The van der Waals surface area contributed by atoms with Gasteiger partial charge in [-0.05, 0) is 6.92 Å². The van der Waals surface area contributed by atoms with Crippen molar-refractivity contribution in [1.82, 2.24) is 0 Å². The molecule has 0 aromatic carbocycles. The molecule has 0 N–H and O–H groups in total. The first-order valence-electron chi connectivity index (χ1n) is 3.54. The second kappa shape index (κ2) is 6.99. The Morgan fingerprint density at radius 1 is 1.08 bits per heavy atom. The van der Waals surface area contributed by atoms with Crippen LogP contribution in [0.2, 0.25) is 0 Å². The number of ether oxygens (including phenoxy) is 3. The van der Waals surface area contributed by atoms with Gasteiger partial charge in [0.05, 0.1) is 21.3 Å². The van der Waals surface area contributed by atoms with E-state index in [4.69, 9.17) is 18.6 Å². The predicted molar refractivity (Wildman–Crippen MR) is 45.4 cm³/mol. The molecular weight excluding hydrogens is 176 g/mol. The van der Waals surface area contributed by atoms with E-state index >= 15 is 0 Å². The van der Waals surface area contributed by atoms with Gasteiger partial charge in [0, 0.05) is 6.61 Å². The standard InChI is InChI=1S/C7H14O4Si/c1-5-11-12-7(10-4)6(8-2)9-3/h5H2,1-4H3. The Morgan fingerprint density at radius 2 is 1.67 bits per heavy atom. The summed E-state index contributed by atoms with van der Waals surface area (Å²) in [4.78, 5) is 0. The summed E-state index contributed by atoms with van der Waals surface area (Å²) >= 11 is 0. The molecule has 0 saturated carbocycles. The maximum absolute atomic E-state index is 5.16. The maximum atomic E-state index is 5.16. The third kappa shape index (κ3) is 3.63. The van der Waals surface area contributed by atoms with Crippen molar-refractivity contribution in [2.24, 2.45) is 0 Å². The quantitative estimate of drug-likeness (QED) is 0.456. The molecule has 0 atom stereocenters. The van der Waals surface area contributed by atoms with E-state index in [1.54, 1.807) is 7.11 Å². The largest absolute Gasteiger partial charge is 0.497 e. The summed E-state index contributed by atoms with van der Waals surface area (Å²) in [6, 6.07) is 0.